The lowest BCUT2D eigenvalue weighted by molar-refractivity contribution is -0.121. The fraction of sp³-hybridized carbons (Fsp3) is 0.583. The van der Waals surface area contributed by atoms with E-state index in [4.69, 9.17) is 4.42 Å². The van der Waals surface area contributed by atoms with Crippen LogP contribution in [0.4, 0.5) is 0 Å². The number of amides is 1. The summed E-state index contributed by atoms with van der Waals surface area (Å²) < 4.78 is 5.11. The molecule has 0 radical (unpaired) electrons. The molecule has 0 aliphatic rings. The van der Waals surface area contributed by atoms with E-state index in [0.717, 1.165) is 18.7 Å². The van der Waals surface area contributed by atoms with E-state index < -0.39 is 0 Å². The number of hydrogen-bond acceptors (Lipinski definition) is 3. The van der Waals surface area contributed by atoms with Crippen molar-refractivity contribution in [3.05, 3.63) is 24.2 Å². The van der Waals surface area contributed by atoms with Crippen LogP contribution in [0.25, 0.3) is 0 Å². The summed E-state index contributed by atoms with van der Waals surface area (Å²) in [4.78, 5) is 11.4. The molecule has 1 heterocycles. The van der Waals surface area contributed by atoms with Gasteiger partial charge in [-0.2, -0.15) is 0 Å². The zero-order valence-electron chi connectivity index (χ0n) is 9.95. The third kappa shape index (κ3) is 4.98. The molecule has 1 atom stereocenters. The maximum atomic E-state index is 11.4. The van der Waals surface area contributed by atoms with Crippen molar-refractivity contribution < 1.29 is 9.21 Å². The summed E-state index contributed by atoms with van der Waals surface area (Å²) in [5, 5.41) is 6.08. The van der Waals surface area contributed by atoms with Gasteiger partial charge in [0.1, 0.15) is 5.76 Å². The zero-order chi connectivity index (χ0) is 11.8. The summed E-state index contributed by atoms with van der Waals surface area (Å²) in [5.74, 6) is 0.829. The van der Waals surface area contributed by atoms with Gasteiger partial charge < -0.3 is 15.1 Å². The van der Waals surface area contributed by atoms with E-state index in [-0.39, 0.29) is 5.91 Å². The lowest BCUT2D eigenvalue weighted by Gasteiger charge is -2.10. The van der Waals surface area contributed by atoms with Crippen molar-refractivity contribution in [3.63, 3.8) is 0 Å². The molecule has 1 rings (SSSR count). The number of carbonyl (C=O) groups excluding carboxylic acids is 1. The maximum Gasteiger partial charge on any atom is 0.221 e. The van der Waals surface area contributed by atoms with Gasteiger partial charge in [-0.1, -0.05) is 6.92 Å². The van der Waals surface area contributed by atoms with Crippen LogP contribution in [0.15, 0.2) is 22.8 Å². The minimum atomic E-state index is 0.0483. The fourth-order valence-corrected chi connectivity index (χ4v) is 1.26. The molecule has 4 nitrogen and oxygen atoms in total. The first-order chi connectivity index (χ1) is 7.72. The van der Waals surface area contributed by atoms with Gasteiger partial charge in [0.15, 0.2) is 0 Å². The van der Waals surface area contributed by atoms with Crippen LogP contribution < -0.4 is 10.6 Å². The van der Waals surface area contributed by atoms with Crippen LogP contribution in [0.2, 0.25) is 0 Å². The summed E-state index contributed by atoms with van der Waals surface area (Å²) in [6, 6.07) is 4.13. The quantitative estimate of drug-likeness (QED) is 0.740. The molecular weight excluding hydrogens is 204 g/mol. The number of nitrogens with one attached hydrogen (secondary N) is 2. The second-order valence-corrected chi connectivity index (χ2v) is 3.87. The Bertz CT molecular complexity index is 296. The maximum absolute atomic E-state index is 11.4. The van der Waals surface area contributed by atoms with E-state index in [2.05, 4.69) is 24.5 Å². The third-order valence-electron chi connectivity index (χ3n) is 2.50. The molecule has 0 aromatic carbocycles. The van der Waals surface area contributed by atoms with Crippen molar-refractivity contribution in [1.29, 1.82) is 0 Å². The smallest absolute Gasteiger partial charge is 0.221 e. The molecule has 0 fully saturated rings. The van der Waals surface area contributed by atoms with Crippen molar-refractivity contribution in [2.45, 2.75) is 39.3 Å². The highest BCUT2D eigenvalue weighted by Crippen LogP contribution is 1.98. The Morgan fingerprint density at radius 1 is 1.56 bits per heavy atom. The number of hydrogen-bond donors (Lipinski definition) is 2. The van der Waals surface area contributed by atoms with E-state index in [1.807, 2.05) is 12.1 Å². The van der Waals surface area contributed by atoms with E-state index in [0.29, 0.717) is 19.0 Å². The first kappa shape index (κ1) is 12.8. The molecule has 90 valence electrons. The Labute approximate surface area is 96.4 Å². The SMILES string of the molecule is CCC(C)NCCC(=O)NCc1ccco1. The van der Waals surface area contributed by atoms with Crippen LogP contribution in [0.5, 0.6) is 0 Å². The molecule has 1 aromatic heterocycles. The zero-order valence-corrected chi connectivity index (χ0v) is 9.95. The van der Waals surface area contributed by atoms with Crippen LogP contribution in [0, 0.1) is 0 Å². The second-order valence-electron chi connectivity index (χ2n) is 3.87. The van der Waals surface area contributed by atoms with Gasteiger partial charge in [0, 0.05) is 19.0 Å². The van der Waals surface area contributed by atoms with Crippen LogP contribution in [0.3, 0.4) is 0 Å². The Morgan fingerprint density at radius 2 is 2.38 bits per heavy atom. The minimum absolute atomic E-state index is 0.0483. The lowest BCUT2D eigenvalue weighted by Crippen LogP contribution is -2.31. The highest BCUT2D eigenvalue weighted by atomic mass is 16.3. The largest absolute Gasteiger partial charge is 0.467 e. The monoisotopic (exact) mass is 224 g/mol. The molecule has 0 saturated carbocycles. The molecule has 1 unspecified atom stereocenters. The van der Waals surface area contributed by atoms with Crippen molar-refractivity contribution in [1.82, 2.24) is 10.6 Å². The Hall–Kier alpha value is -1.29. The fourth-order valence-electron chi connectivity index (χ4n) is 1.26. The first-order valence-corrected chi connectivity index (χ1v) is 5.74. The summed E-state index contributed by atoms with van der Waals surface area (Å²) in [6.45, 7) is 5.42. The molecule has 0 spiro atoms. The molecule has 2 N–H and O–H groups in total. The van der Waals surface area contributed by atoms with Crippen LogP contribution in [-0.2, 0) is 11.3 Å². The average molecular weight is 224 g/mol. The van der Waals surface area contributed by atoms with E-state index in [9.17, 15) is 4.79 Å². The summed E-state index contributed by atoms with van der Waals surface area (Å²) >= 11 is 0. The summed E-state index contributed by atoms with van der Waals surface area (Å²) in [5.41, 5.74) is 0. The molecule has 16 heavy (non-hydrogen) atoms. The van der Waals surface area contributed by atoms with Crippen LogP contribution >= 0.6 is 0 Å². The summed E-state index contributed by atoms with van der Waals surface area (Å²) in [6.07, 6.45) is 3.19. The predicted molar refractivity (Wildman–Crippen MR) is 62.9 cm³/mol. The normalized spacial score (nSPS) is 12.4. The van der Waals surface area contributed by atoms with E-state index in [1.54, 1.807) is 6.26 Å². The van der Waals surface area contributed by atoms with Crippen molar-refractivity contribution >= 4 is 5.91 Å². The molecule has 1 amide bonds. The molecule has 0 bridgehead atoms. The number of rotatable bonds is 7. The standard InChI is InChI=1S/C12H20N2O2/c1-3-10(2)13-7-6-12(15)14-9-11-5-4-8-16-11/h4-5,8,10,13H,3,6-7,9H2,1-2H3,(H,14,15). The van der Waals surface area contributed by atoms with Crippen molar-refractivity contribution in [2.75, 3.05) is 6.54 Å². The van der Waals surface area contributed by atoms with E-state index in [1.165, 1.54) is 0 Å². The van der Waals surface area contributed by atoms with Gasteiger partial charge in [-0.25, -0.2) is 0 Å². The topological polar surface area (TPSA) is 54.3 Å². The lowest BCUT2D eigenvalue weighted by atomic mass is 10.2. The number of furan rings is 1. The molecule has 0 saturated heterocycles. The van der Waals surface area contributed by atoms with Crippen LogP contribution in [0.1, 0.15) is 32.4 Å². The van der Waals surface area contributed by atoms with Gasteiger partial charge >= 0.3 is 0 Å². The summed E-state index contributed by atoms with van der Waals surface area (Å²) in [7, 11) is 0. The van der Waals surface area contributed by atoms with Crippen molar-refractivity contribution in [3.8, 4) is 0 Å². The Kier molecular flexibility index (Phi) is 5.64. The van der Waals surface area contributed by atoms with E-state index >= 15 is 0 Å². The van der Waals surface area contributed by atoms with Gasteiger partial charge in [-0.05, 0) is 25.5 Å². The van der Waals surface area contributed by atoms with Gasteiger partial charge in [-0.3, -0.25) is 4.79 Å². The van der Waals surface area contributed by atoms with Crippen molar-refractivity contribution in [2.24, 2.45) is 0 Å². The number of carbonyl (C=O) groups is 1. The minimum Gasteiger partial charge on any atom is -0.467 e. The molecule has 4 heteroatoms. The predicted octanol–water partition coefficient (Wildman–Crippen LogP) is 1.67. The van der Waals surface area contributed by atoms with Gasteiger partial charge in [0.2, 0.25) is 5.91 Å². The average Bonchev–Trinajstić information content (AvgIpc) is 2.79. The molecule has 0 aliphatic heterocycles. The highest BCUT2D eigenvalue weighted by molar-refractivity contribution is 5.75. The molecule has 1 aromatic rings. The van der Waals surface area contributed by atoms with Gasteiger partial charge in [-0.15, -0.1) is 0 Å². The van der Waals surface area contributed by atoms with Gasteiger partial charge in [0.05, 0.1) is 12.8 Å². The molecular formula is C12H20N2O2. The Morgan fingerprint density at radius 3 is 3.00 bits per heavy atom. The van der Waals surface area contributed by atoms with Gasteiger partial charge in [0.25, 0.3) is 0 Å². The first-order valence-electron chi connectivity index (χ1n) is 5.74. The third-order valence-corrected chi connectivity index (χ3v) is 2.50. The highest BCUT2D eigenvalue weighted by Gasteiger charge is 2.03. The second kappa shape index (κ2) is 7.06. The molecule has 0 aliphatic carbocycles. The Balaban J connectivity index is 2.07. The van der Waals surface area contributed by atoms with Crippen LogP contribution in [-0.4, -0.2) is 18.5 Å².